The summed E-state index contributed by atoms with van der Waals surface area (Å²) >= 11 is 4.41. The Morgan fingerprint density at radius 2 is 1.70 bits per heavy atom. The van der Waals surface area contributed by atoms with E-state index < -0.39 is 0 Å². The molecule has 0 radical (unpaired) electrons. The van der Waals surface area contributed by atoms with Gasteiger partial charge in [0.15, 0.2) is 5.78 Å². The van der Waals surface area contributed by atoms with E-state index in [9.17, 15) is 4.79 Å². The number of nitrogens with two attached hydrogens (primary N) is 1. The summed E-state index contributed by atoms with van der Waals surface area (Å²) in [5, 5.41) is 5.39. The maximum absolute atomic E-state index is 12.7. The molecule has 1 heterocycles. The number of ketones is 1. The van der Waals surface area contributed by atoms with E-state index >= 15 is 0 Å². The molecule has 0 aliphatic carbocycles. The topological polar surface area (TPSA) is 60.9 Å². The van der Waals surface area contributed by atoms with Gasteiger partial charge in [0.1, 0.15) is 0 Å². The summed E-state index contributed by atoms with van der Waals surface area (Å²) in [5.74, 6) is -0.0832. The van der Waals surface area contributed by atoms with E-state index in [0.29, 0.717) is 16.8 Å². The van der Waals surface area contributed by atoms with Gasteiger partial charge in [-0.2, -0.15) is 5.10 Å². The molecule has 0 amide bonds. The van der Waals surface area contributed by atoms with Crippen LogP contribution in [0, 0.1) is 0 Å². The average Bonchev–Trinajstić information content (AvgIpc) is 3.02. The van der Waals surface area contributed by atoms with Gasteiger partial charge in [0, 0.05) is 22.2 Å². The molecule has 0 saturated carbocycles. The van der Waals surface area contributed by atoms with Crippen LogP contribution < -0.4 is 5.73 Å². The lowest BCUT2D eigenvalue weighted by Gasteiger charge is -2.03. The molecule has 0 aliphatic heterocycles. The van der Waals surface area contributed by atoms with E-state index in [1.807, 2.05) is 54.6 Å². The first-order valence-electron chi connectivity index (χ1n) is 8.47. The highest BCUT2D eigenvalue weighted by Crippen LogP contribution is 2.24. The molecule has 27 heavy (non-hydrogen) atoms. The van der Waals surface area contributed by atoms with Gasteiger partial charge < -0.3 is 5.73 Å². The van der Waals surface area contributed by atoms with E-state index in [1.165, 1.54) is 4.09 Å². The third-order valence-corrected chi connectivity index (χ3v) is 4.64. The van der Waals surface area contributed by atoms with Gasteiger partial charge in [-0.05, 0) is 48.7 Å². The molecule has 0 saturated heterocycles. The molecule has 1 aromatic heterocycles. The smallest absolute Gasteiger partial charge is 0.193 e. The lowest BCUT2D eigenvalue weighted by atomic mass is 10.0. The van der Waals surface area contributed by atoms with Crippen molar-refractivity contribution in [1.82, 2.24) is 9.19 Å². The van der Waals surface area contributed by atoms with Crippen molar-refractivity contribution in [2.75, 3.05) is 5.73 Å². The second kappa shape index (κ2) is 7.13. The van der Waals surface area contributed by atoms with Gasteiger partial charge in [0.2, 0.25) is 0 Å². The lowest BCUT2D eigenvalue weighted by Crippen LogP contribution is -2.02. The van der Waals surface area contributed by atoms with E-state index in [0.717, 1.165) is 22.2 Å². The first kappa shape index (κ1) is 17.1. The molecule has 4 nitrogen and oxygen atoms in total. The van der Waals surface area contributed by atoms with Crippen LogP contribution in [-0.4, -0.2) is 15.0 Å². The molecule has 4 aromatic rings. The quantitative estimate of drug-likeness (QED) is 0.310. The van der Waals surface area contributed by atoms with Gasteiger partial charge in [0.25, 0.3) is 0 Å². The van der Waals surface area contributed by atoms with Crippen LogP contribution in [0.15, 0.2) is 72.8 Å². The van der Waals surface area contributed by atoms with Crippen molar-refractivity contribution >= 4 is 47.3 Å². The molecule has 132 valence electrons. The molecule has 5 heteroatoms. The minimum atomic E-state index is -0.0832. The van der Waals surface area contributed by atoms with E-state index in [-0.39, 0.29) is 5.78 Å². The number of rotatable bonds is 4. The van der Waals surface area contributed by atoms with Crippen LogP contribution in [0.2, 0.25) is 0 Å². The molecular formula is C22H17N3OS. The lowest BCUT2D eigenvalue weighted by molar-refractivity contribution is 0.103. The number of thiol groups is 1. The molecule has 4 rings (SSSR count). The monoisotopic (exact) mass is 371 g/mol. The van der Waals surface area contributed by atoms with Crippen LogP contribution in [0.1, 0.15) is 27.2 Å². The number of nitrogens with zero attached hydrogens (tertiary/aromatic N) is 2. The van der Waals surface area contributed by atoms with Crippen molar-refractivity contribution in [3.63, 3.8) is 0 Å². The van der Waals surface area contributed by atoms with Gasteiger partial charge in [-0.1, -0.05) is 54.6 Å². The van der Waals surface area contributed by atoms with Crippen LogP contribution in [0.25, 0.3) is 23.1 Å². The van der Waals surface area contributed by atoms with E-state index in [1.54, 1.807) is 30.3 Å². The Morgan fingerprint density at radius 3 is 2.48 bits per heavy atom. The highest BCUT2D eigenvalue weighted by Gasteiger charge is 2.13. The number of carbonyl (C=O) groups is 1. The molecule has 0 spiro atoms. The standard InChI is InChI=1S/C22H17N3OS/c23-18-8-4-7-16(13-18)22(26)17-10-11-19-20(24-25(27)21(19)14-17)12-9-15-5-2-1-3-6-15/h1-14,27H,23H2. The molecule has 3 aromatic carbocycles. The zero-order chi connectivity index (χ0) is 18.8. The third kappa shape index (κ3) is 3.50. The Labute approximate surface area is 162 Å². The summed E-state index contributed by atoms with van der Waals surface area (Å²) in [5.41, 5.74) is 10.1. The number of hydrogen-bond donors (Lipinski definition) is 2. The van der Waals surface area contributed by atoms with Crippen molar-refractivity contribution in [1.29, 1.82) is 0 Å². The first-order valence-corrected chi connectivity index (χ1v) is 8.87. The fourth-order valence-corrected chi connectivity index (χ4v) is 3.24. The van der Waals surface area contributed by atoms with E-state index in [4.69, 9.17) is 5.73 Å². The summed E-state index contributed by atoms with van der Waals surface area (Å²) in [7, 11) is 0. The minimum absolute atomic E-state index is 0.0832. The molecular weight excluding hydrogens is 354 g/mol. The second-order valence-corrected chi connectivity index (χ2v) is 6.58. The van der Waals surface area contributed by atoms with Crippen LogP contribution in [0.4, 0.5) is 5.69 Å². The molecule has 0 unspecified atom stereocenters. The Hall–Kier alpha value is -3.31. The second-order valence-electron chi connectivity index (χ2n) is 6.21. The zero-order valence-corrected chi connectivity index (χ0v) is 15.3. The predicted octanol–water partition coefficient (Wildman–Crippen LogP) is 4.71. The summed E-state index contributed by atoms with van der Waals surface area (Å²) in [4.78, 5) is 12.7. The van der Waals surface area contributed by atoms with Crippen molar-refractivity contribution in [2.45, 2.75) is 0 Å². The number of benzene rings is 3. The number of carbonyl (C=O) groups excluding carboxylic acids is 1. The van der Waals surface area contributed by atoms with Gasteiger partial charge in [-0.15, -0.1) is 0 Å². The van der Waals surface area contributed by atoms with Crippen molar-refractivity contribution in [2.24, 2.45) is 0 Å². The third-order valence-electron chi connectivity index (χ3n) is 4.34. The number of nitrogen functional groups attached to an aromatic ring is 1. The fraction of sp³-hybridized carbons (Fsp3) is 0. The maximum Gasteiger partial charge on any atom is 0.193 e. The van der Waals surface area contributed by atoms with Crippen molar-refractivity contribution < 1.29 is 4.79 Å². The largest absolute Gasteiger partial charge is 0.399 e. The Bertz CT molecular complexity index is 1160. The molecule has 0 bridgehead atoms. The first-order chi connectivity index (χ1) is 13.1. The van der Waals surface area contributed by atoms with Crippen LogP contribution in [0.3, 0.4) is 0 Å². The van der Waals surface area contributed by atoms with E-state index in [2.05, 4.69) is 17.9 Å². The van der Waals surface area contributed by atoms with Crippen LogP contribution in [-0.2, 0) is 0 Å². The highest BCUT2D eigenvalue weighted by atomic mass is 32.1. The molecule has 0 aliphatic rings. The summed E-state index contributed by atoms with van der Waals surface area (Å²) in [6.07, 6.45) is 3.95. The number of fused-ring (bicyclic) bond motifs is 1. The number of hydrogen-bond acceptors (Lipinski definition) is 4. The normalized spacial score (nSPS) is 11.3. The molecule has 0 atom stereocenters. The SMILES string of the molecule is Nc1cccc(C(=O)c2ccc3c(C=Cc4ccccc4)nn(S)c3c2)c1. The predicted molar refractivity (Wildman–Crippen MR) is 114 cm³/mol. The van der Waals surface area contributed by atoms with Gasteiger partial charge in [-0.3, -0.25) is 4.79 Å². The zero-order valence-electron chi connectivity index (χ0n) is 14.4. The Morgan fingerprint density at radius 1 is 0.926 bits per heavy atom. The van der Waals surface area contributed by atoms with Crippen molar-refractivity contribution in [3.05, 3.63) is 95.2 Å². The van der Waals surface area contributed by atoms with Crippen molar-refractivity contribution in [3.8, 4) is 0 Å². The maximum atomic E-state index is 12.7. The Kier molecular flexibility index (Phi) is 4.52. The van der Waals surface area contributed by atoms with Gasteiger partial charge >= 0.3 is 0 Å². The fourth-order valence-electron chi connectivity index (χ4n) is 2.97. The Balaban J connectivity index is 1.71. The highest BCUT2D eigenvalue weighted by molar-refractivity contribution is 7.78. The summed E-state index contributed by atoms with van der Waals surface area (Å²) in [6.45, 7) is 0. The summed E-state index contributed by atoms with van der Waals surface area (Å²) < 4.78 is 1.50. The molecule has 2 N–H and O–H groups in total. The summed E-state index contributed by atoms with van der Waals surface area (Å²) in [6, 6.07) is 22.5. The van der Waals surface area contributed by atoms with Crippen LogP contribution >= 0.6 is 12.8 Å². The van der Waals surface area contributed by atoms with Gasteiger partial charge in [0.05, 0.1) is 11.2 Å². The van der Waals surface area contributed by atoms with Gasteiger partial charge in [-0.25, -0.2) is 4.09 Å². The average molecular weight is 371 g/mol. The number of aromatic nitrogens is 2. The molecule has 0 fully saturated rings. The van der Waals surface area contributed by atoms with Crippen LogP contribution in [0.5, 0.6) is 0 Å². The minimum Gasteiger partial charge on any atom is -0.399 e. The number of anilines is 1.